The summed E-state index contributed by atoms with van der Waals surface area (Å²) in [6.07, 6.45) is 3.10. The van der Waals surface area contributed by atoms with Crippen LogP contribution in [0.25, 0.3) is 0 Å². The zero-order valence-corrected chi connectivity index (χ0v) is 10.4. The summed E-state index contributed by atoms with van der Waals surface area (Å²) in [5.74, 6) is 0.384. The van der Waals surface area contributed by atoms with E-state index in [-0.39, 0.29) is 11.0 Å². The molecule has 0 atom stereocenters. The van der Waals surface area contributed by atoms with Crippen molar-refractivity contribution in [3.05, 3.63) is 22.7 Å². The first-order valence-electron chi connectivity index (χ1n) is 5.33. The molecule has 0 aliphatic rings. The first kappa shape index (κ1) is 12.7. The van der Waals surface area contributed by atoms with Crippen molar-refractivity contribution < 1.29 is 0 Å². The second kappa shape index (κ2) is 5.12. The average Bonchev–Trinajstić information content (AvgIpc) is 2.14. The van der Waals surface area contributed by atoms with Crippen LogP contribution >= 0.6 is 0 Å². The molecule has 0 saturated carbocycles. The van der Waals surface area contributed by atoms with Crippen LogP contribution in [0, 0.1) is 5.41 Å². The number of hydrogen-bond acceptors (Lipinski definition) is 4. The molecular formula is C11H20N4O. The summed E-state index contributed by atoms with van der Waals surface area (Å²) >= 11 is 0. The van der Waals surface area contributed by atoms with Gasteiger partial charge in [0.1, 0.15) is 0 Å². The van der Waals surface area contributed by atoms with Crippen molar-refractivity contribution in [2.45, 2.75) is 13.8 Å². The van der Waals surface area contributed by atoms with Crippen LogP contribution in [0.4, 0.5) is 5.82 Å². The molecule has 0 aliphatic heterocycles. The molecule has 16 heavy (non-hydrogen) atoms. The number of rotatable bonds is 5. The van der Waals surface area contributed by atoms with Gasteiger partial charge in [-0.25, -0.2) is 4.98 Å². The van der Waals surface area contributed by atoms with Crippen LogP contribution in [0.3, 0.4) is 0 Å². The van der Waals surface area contributed by atoms with Gasteiger partial charge in [-0.15, -0.1) is 0 Å². The van der Waals surface area contributed by atoms with Crippen LogP contribution in [0.1, 0.15) is 13.8 Å². The van der Waals surface area contributed by atoms with Crippen molar-refractivity contribution in [2.75, 3.05) is 32.5 Å². The molecule has 1 aromatic heterocycles. The Morgan fingerprint density at radius 1 is 1.50 bits per heavy atom. The molecule has 0 aliphatic carbocycles. The van der Waals surface area contributed by atoms with E-state index in [2.05, 4.69) is 34.0 Å². The van der Waals surface area contributed by atoms with Gasteiger partial charge in [0.15, 0.2) is 5.82 Å². The highest BCUT2D eigenvalue weighted by atomic mass is 16.1. The Bertz CT molecular complexity index is 384. The maximum atomic E-state index is 11.4. The Morgan fingerprint density at radius 2 is 2.19 bits per heavy atom. The summed E-state index contributed by atoms with van der Waals surface area (Å²) in [5, 5.41) is 3.08. The number of nitrogens with one attached hydrogen (secondary N) is 2. The summed E-state index contributed by atoms with van der Waals surface area (Å²) in [6, 6.07) is 0. The average molecular weight is 224 g/mol. The molecule has 90 valence electrons. The molecule has 0 spiro atoms. The van der Waals surface area contributed by atoms with Gasteiger partial charge in [-0.3, -0.25) is 4.79 Å². The topological polar surface area (TPSA) is 61.0 Å². The Labute approximate surface area is 95.9 Å². The Kier molecular flexibility index (Phi) is 4.06. The van der Waals surface area contributed by atoms with Gasteiger partial charge in [0, 0.05) is 25.5 Å². The Hall–Kier alpha value is -1.36. The molecule has 5 nitrogen and oxygen atoms in total. The first-order chi connectivity index (χ1) is 7.41. The molecule has 2 N–H and O–H groups in total. The van der Waals surface area contributed by atoms with Gasteiger partial charge in [0.05, 0.1) is 0 Å². The quantitative estimate of drug-likeness (QED) is 0.775. The maximum absolute atomic E-state index is 11.4. The van der Waals surface area contributed by atoms with E-state index in [1.165, 1.54) is 6.20 Å². The number of anilines is 1. The molecule has 0 saturated heterocycles. The van der Waals surface area contributed by atoms with E-state index in [1.54, 1.807) is 6.20 Å². The van der Waals surface area contributed by atoms with Gasteiger partial charge in [0.25, 0.3) is 5.56 Å². The fourth-order valence-electron chi connectivity index (χ4n) is 1.71. The zero-order chi connectivity index (χ0) is 12.2. The number of H-pyrrole nitrogens is 1. The third-order valence-corrected chi connectivity index (χ3v) is 2.19. The highest BCUT2D eigenvalue weighted by Crippen LogP contribution is 2.15. The minimum absolute atomic E-state index is 0.0907. The predicted molar refractivity (Wildman–Crippen MR) is 65.7 cm³/mol. The molecule has 0 aromatic carbocycles. The van der Waals surface area contributed by atoms with Gasteiger partial charge >= 0.3 is 0 Å². The number of nitrogens with zero attached hydrogens (tertiary/aromatic N) is 2. The summed E-state index contributed by atoms with van der Waals surface area (Å²) in [5.41, 5.74) is -0.0869. The molecule has 1 heterocycles. The van der Waals surface area contributed by atoms with Crippen LogP contribution < -0.4 is 10.9 Å². The summed E-state index contributed by atoms with van der Waals surface area (Å²) < 4.78 is 0. The summed E-state index contributed by atoms with van der Waals surface area (Å²) in [6.45, 7) is 5.96. The van der Waals surface area contributed by atoms with E-state index >= 15 is 0 Å². The van der Waals surface area contributed by atoms with Crippen LogP contribution in [0.15, 0.2) is 17.2 Å². The van der Waals surface area contributed by atoms with E-state index < -0.39 is 0 Å². The Morgan fingerprint density at radius 3 is 2.75 bits per heavy atom. The lowest BCUT2D eigenvalue weighted by molar-refractivity contribution is 0.254. The van der Waals surface area contributed by atoms with Gasteiger partial charge in [-0.2, -0.15) is 0 Å². The molecule has 0 amide bonds. The molecule has 1 aromatic rings. The van der Waals surface area contributed by atoms with Crippen LogP contribution in [-0.4, -0.2) is 42.1 Å². The van der Waals surface area contributed by atoms with Crippen LogP contribution in [0.5, 0.6) is 0 Å². The van der Waals surface area contributed by atoms with Gasteiger partial charge < -0.3 is 15.2 Å². The highest BCUT2D eigenvalue weighted by molar-refractivity contribution is 5.30. The van der Waals surface area contributed by atoms with Crippen LogP contribution in [-0.2, 0) is 0 Å². The first-order valence-corrected chi connectivity index (χ1v) is 5.33. The third kappa shape index (κ3) is 4.02. The number of hydrogen-bond donors (Lipinski definition) is 2. The maximum Gasteiger partial charge on any atom is 0.290 e. The fraction of sp³-hybridized carbons (Fsp3) is 0.636. The largest absolute Gasteiger partial charge is 0.365 e. The summed E-state index contributed by atoms with van der Waals surface area (Å²) in [7, 11) is 4.07. The number of aromatic amines is 1. The summed E-state index contributed by atoms with van der Waals surface area (Å²) in [4.78, 5) is 20.1. The highest BCUT2D eigenvalue weighted by Gasteiger charge is 2.19. The standard InChI is InChI=1S/C11H20N4O/c1-11(2,8-15(3)4)7-14-9-10(16)13-6-5-12-9/h5-6H,7-8H2,1-4H3,(H,12,14)(H,13,16). The van der Waals surface area contributed by atoms with Crippen LogP contribution in [0.2, 0.25) is 0 Å². The predicted octanol–water partition coefficient (Wildman–Crippen LogP) is 0.770. The second-order valence-corrected chi connectivity index (χ2v) is 5.02. The molecule has 0 radical (unpaired) electrons. The van der Waals surface area contributed by atoms with Crippen molar-refractivity contribution in [3.63, 3.8) is 0 Å². The molecule has 5 heteroatoms. The normalized spacial score (nSPS) is 11.8. The SMILES string of the molecule is CN(C)CC(C)(C)CNc1ncc[nH]c1=O. The van der Waals surface area contributed by atoms with Crippen molar-refractivity contribution >= 4 is 5.82 Å². The van der Waals surface area contributed by atoms with Crippen molar-refractivity contribution in [1.29, 1.82) is 0 Å². The molecule has 0 fully saturated rings. The molecule has 1 rings (SSSR count). The molecule has 0 bridgehead atoms. The van der Waals surface area contributed by atoms with Crippen molar-refractivity contribution in [1.82, 2.24) is 14.9 Å². The van der Waals surface area contributed by atoms with E-state index in [9.17, 15) is 4.79 Å². The minimum Gasteiger partial charge on any atom is -0.365 e. The smallest absolute Gasteiger partial charge is 0.290 e. The lowest BCUT2D eigenvalue weighted by Gasteiger charge is -2.28. The lowest BCUT2D eigenvalue weighted by Crippen LogP contribution is -2.35. The van der Waals surface area contributed by atoms with Gasteiger partial charge in [0.2, 0.25) is 0 Å². The van der Waals surface area contributed by atoms with Gasteiger partial charge in [-0.1, -0.05) is 13.8 Å². The fourth-order valence-corrected chi connectivity index (χ4v) is 1.71. The zero-order valence-electron chi connectivity index (χ0n) is 10.4. The minimum atomic E-state index is -0.178. The number of aromatic nitrogens is 2. The third-order valence-electron chi connectivity index (χ3n) is 2.19. The van der Waals surface area contributed by atoms with Crippen molar-refractivity contribution in [2.24, 2.45) is 5.41 Å². The van der Waals surface area contributed by atoms with E-state index in [0.29, 0.717) is 12.4 Å². The van der Waals surface area contributed by atoms with E-state index in [4.69, 9.17) is 0 Å². The molecular weight excluding hydrogens is 204 g/mol. The van der Waals surface area contributed by atoms with Gasteiger partial charge in [-0.05, 0) is 19.5 Å². The lowest BCUT2D eigenvalue weighted by atomic mass is 9.93. The second-order valence-electron chi connectivity index (χ2n) is 5.02. The molecule has 0 unspecified atom stereocenters. The van der Waals surface area contributed by atoms with E-state index in [1.807, 2.05) is 14.1 Å². The Balaban J connectivity index is 2.58. The van der Waals surface area contributed by atoms with Crippen molar-refractivity contribution in [3.8, 4) is 0 Å². The monoisotopic (exact) mass is 224 g/mol. The van der Waals surface area contributed by atoms with E-state index in [0.717, 1.165) is 6.54 Å².